The number of rotatable bonds is 18. The lowest BCUT2D eigenvalue weighted by atomic mass is 9.98. The summed E-state index contributed by atoms with van der Waals surface area (Å²) in [5.41, 5.74) is 4.17. The van der Waals surface area contributed by atoms with E-state index < -0.39 is 22.2 Å². The van der Waals surface area contributed by atoms with Crippen LogP contribution >= 0.6 is 0 Å². The molecular weight excluding hydrogens is 661 g/mol. The first-order valence-corrected chi connectivity index (χ1v) is 19.2. The molecule has 51 heavy (non-hydrogen) atoms. The summed E-state index contributed by atoms with van der Waals surface area (Å²) in [5, 5.41) is 3.29. The number of amides is 1. The molecule has 1 saturated heterocycles. The van der Waals surface area contributed by atoms with Crippen molar-refractivity contribution in [3.63, 3.8) is 0 Å². The van der Waals surface area contributed by atoms with Crippen molar-refractivity contribution in [2.24, 2.45) is 0 Å². The number of hydrogen-bond acceptors (Lipinski definition) is 6. The number of ether oxygens (including phenoxy) is 3. The minimum Gasteiger partial charge on any atom is -0.493 e. The van der Waals surface area contributed by atoms with Crippen molar-refractivity contribution < 1.29 is 27.4 Å². The molecular formula is C42H50N2O6S. The van der Waals surface area contributed by atoms with Crippen LogP contribution in [0.2, 0.25) is 0 Å². The fourth-order valence-corrected chi connectivity index (χ4v) is 8.45. The van der Waals surface area contributed by atoms with E-state index in [4.69, 9.17) is 14.2 Å². The van der Waals surface area contributed by atoms with Gasteiger partial charge in [-0.1, -0.05) is 103 Å². The van der Waals surface area contributed by atoms with Crippen LogP contribution < -0.4 is 14.8 Å². The second-order valence-corrected chi connectivity index (χ2v) is 14.9. The first-order valence-electron chi connectivity index (χ1n) is 17.7. The molecule has 0 spiro atoms. The van der Waals surface area contributed by atoms with Gasteiger partial charge in [-0.05, 0) is 73.8 Å². The lowest BCUT2D eigenvalue weighted by Crippen LogP contribution is -2.48. The van der Waals surface area contributed by atoms with Gasteiger partial charge in [0.05, 0.1) is 31.8 Å². The molecule has 0 bridgehead atoms. The zero-order chi connectivity index (χ0) is 36.1. The van der Waals surface area contributed by atoms with Gasteiger partial charge in [-0.2, -0.15) is 4.31 Å². The highest BCUT2D eigenvalue weighted by molar-refractivity contribution is 7.89. The molecule has 1 aliphatic heterocycles. The van der Waals surface area contributed by atoms with E-state index in [1.807, 2.05) is 78.9 Å². The van der Waals surface area contributed by atoms with Gasteiger partial charge in [-0.15, -0.1) is 0 Å². The minimum atomic E-state index is -4.12. The van der Waals surface area contributed by atoms with Gasteiger partial charge in [0.25, 0.3) is 0 Å². The van der Waals surface area contributed by atoms with Crippen LogP contribution in [0.3, 0.4) is 0 Å². The molecule has 1 heterocycles. The summed E-state index contributed by atoms with van der Waals surface area (Å²) in [4.78, 5) is 14.3. The quantitative estimate of drug-likeness (QED) is 0.116. The van der Waals surface area contributed by atoms with Gasteiger partial charge in [0, 0.05) is 25.1 Å². The third-order valence-electron chi connectivity index (χ3n) is 9.37. The molecule has 270 valence electrons. The average Bonchev–Trinajstić information content (AvgIpc) is 3.60. The van der Waals surface area contributed by atoms with E-state index in [0.717, 1.165) is 44.1 Å². The van der Waals surface area contributed by atoms with Crippen molar-refractivity contribution in [1.29, 1.82) is 0 Å². The minimum absolute atomic E-state index is 0.0438. The maximum absolute atomic E-state index is 14.4. The number of methoxy groups -OCH3 is 2. The van der Waals surface area contributed by atoms with E-state index in [1.165, 1.54) is 35.7 Å². The molecule has 2 atom stereocenters. The largest absolute Gasteiger partial charge is 0.493 e. The third-order valence-corrected chi connectivity index (χ3v) is 11.2. The van der Waals surface area contributed by atoms with Gasteiger partial charge in [0.2, 0.25) is 15.9 Å². The molecule has 5 rings (SSSR count). The number of nitrogens with one attached hydrogen (secondary N) is 1. The molecule has 0 radical (unpaired) electrons. The van der Waals surface area contributed by atoms with Crippen LogP contribution in [0.4, 0.5) is 0 Å². The monoisotopic (exact) mass is 710 g/mol. The standard InChI is InChI=1S/C42H50N2O6S/c1-32-28-38(30-40(48-2)41(32)49-3)51(46,47)44-31-37(50-27-15-24-35-20-11-6-12-21-35)29-39(44)42(45)43-36(25-13-22-33-16-7-4-8-17-33)26-14-23-34-18-9-5-10-19-34/h4-12,15-21,24,28,30,36-37,39H,13-14,22-23,25-27,29,31H2,1-3H3,(H,43,45)/b24-15+/t37?,39-/m0/s1. The summed E-state index contributed by atoms with van der Waals surface area (Å²) >= 11 is 0. The molecule has 0 aliphatic carbocycles. The Morgan fingerprint density at radius 3 is 2.02 bits per heavy atom. The second-order valence-electron chi connectivity index (χ2n) is 13.0. The van der Waals surface area contributed by atoms with E-state index in [0.29, 0.717) is 23.7 Å². The van der Waals surface area contributed by atoms with Gasteiger partial charge in [0.15, 0.2) is 11.5 Å². The van der Waals surface area contributed by atoms with Crippen molar-refractivity contribution in [3.8, 4) is 11.5 Å². The Bertz CT molecular complexity index is 1770. The third kappa shape index (κ3) is 10.5. The van der Waals surface area contributed by atoms with Crippen LogP contribution in [0.25, 0.3) is 6.08 Å². The smallest absolute Gasteiger partial charge is 0.244 e. The Morgan fingerprint density at radius 2 is 1.45 bits per heavy atom. The zero-order valence-electron chi connectivity index (χ0n) is 29.9. The van der Waals surface area contributed by atoms with E-state index in [-0.39, 0.29) is 29.8 Å². The Labute approximate surface area is 303 Å². The number of nitrogens with zero attached hydrogens (tertiary/aromatic N) is 1. The summed E-state index contributed by atoms with van der Waals surface area (Å²) in [6.45, 7) is 2.12. The predicted octanol–water partition coefficient (Wildman–Crippen LogP) is 7.40. The summed E-state index contributed by atoms with van der Waals surface area (Å²) in [5.74, 6) is 0.477. The van der Waals surface area contributed by atoms with E-state index >= 15 is 0 Å². The van der Waals surface area contributed by atoms with Crippen LogP contribution in [0.15, 0.2) is 114 Å². The Balaban J connectivity index is 1.34. The molecule has 1 fully saturated rings. The highest BCUT2D eigenvalue weighted by atomic mass is 32.2. The van der Waals surface area contributed by atoms with Crippen molar-refractivity contribution in [1.82, 2.24) is 9.62 Å². The first-order chi connectivity index (χ1) is 24.8. The van der Waals surface area contributed by atoms with Gasteiger partial charge < -0.3 is 19.5 Å². The Hall–Kier alpha value is -4.44. The summed E-state index contributed by atoms with van der Waals surface area (Å²) < 4.78 is 47.1. The number of carbonyl (C=O) groups is 1. The fourth-order valence-electron chi connectivity index (χ4n) is 6.72. The van der Waals surface area contributed by atoms with Gasteiger partial charge >= 0.3 is 0 Å². The molecule has 0 saturated carbocycles. The van der Waals surface area contributed by atoms with Gasteiger partial charge in [0.1, 0.15) is 6.04 Å². The van der Waals surface area contributed by atoms with Crippen LogP contribution in [-0.2, 0) is 32.4 Å². The summed E-state index contributed by atoms with van der Waals surface area (Å²) in [6.07, 6.45) is 8.84. The maximum atomic E-state index is 14.4. The lowest BCUT2D eigenvalue weighted by molar-refractivity contribution is -0.125. The number of hydrogen-bond donors (Lipinski definition) is 1. The topological polar surface area (TPSA) is 94.2 Å². The molecule has 1 aliphatic rings. The van der Waals surface area contributed by atoms with Crippen LogP contribution in [0.5, 0.6) is 11.5 Å². The number of carbonyl (C=O) groups excluding carboxylic acids is 1. The molecule has 0 aromatic heterocycles. The number of sulfonamides is 1. The van der Waals surface area contributed by atoms with E-state index in [2.05, 4.69) is 29.6 Å². The molecule has 1 amide bonds. The van der Waals surface area contributed by atoms with Gasteiger partial charge in [-0.25, -0.2) is 8.42 Å². The highest BCUT2D eigenvalue weighted by Crippen LogP contribution is 2.36. The van der Waals surface area contributed by atoms with Crippen LogP contribution in [-0.4, -0.2) is 64.2 Å². The lowest BCUT2D eigenvalue weighted by Gasteiger charge is -2.26. The molecule has 9 heteroatoms. The average molecular weight is 711 g/mol. The van der Waals surface area contributed by atoms with Crippen molar-refractivity contribution >= 4 is 22.0 Å². The Morgan fingerprint density at radius 1 is 0.863 bits per heavy atom. The number of benzene rings is 4. The summed E-state index contributed by atoms with van der Waals surface area (Å²) in [7, 11) is -1.13. The molecule has 8 nitrogen and oxygen atoms in total. The first kappa shape index (κ1) is 37.8. The van der Waals surface area contributed by atoms with Gasteiger partial charge in [-0.3, -0.25) is 4.79 Å². The van der Waals surface area contributed by atoms with Crippen molar-refractivity contribution in [2.45, 2.75) is 75.0 Å². The van der Waals surface area contributed by atoms with Crippen LogP contribution in [0, 0.1) is 6.92 Å². The molecule has 4 aromatic carbocycles. The Kier molecular flexibility index (Phi) is 13.9. The molecule has 1 unspecified atom stereocenters. The SMILES string of the molecule is COc1cc(S(=O)(=O)N2CC(OC/C=C/c3ccccc3)C[C@H]2C(=O)NC(CCCc2ccccc2)CCCc2ccccc2)cc(C)c1OC. The van der Waals surface area contributed by atoms with Crippen molar-refractivity contribution in [2.75, 3.05) is 27.4 Å². The highest BCUT2D eigenvalue weighted by Gasteiger charge is 2.45. The zero-order valence-corrected chi connectivity index (χ0v) is 30.7. The van der Waals surface area contributed by atoms with E-state index in [9.17, 15) is 13.2 Å². The molecule has 4 aromatic rings. The molecule has 1 N–H and O–H groups in total. The number of aryl methyl sites for hydroxylation is 3. The fraction of sp³-hybridized carbons (Fsp3) is 0.357. The van der Waals surface area contributed by atoms with E-state index in [1.54, 1.807) is 13.0 Å². The van der Waals surface area contributed by atoms with Crippen LogP contribution in [0.1, 0.15) is 54.4 Å². The van der Waals surface area contributed by atoms with Crippen molar-refractivity contribution in [3.05, 3.63) is 131 Å². The second kappa shape index (κ2) is 18.7. The predicted molar refractivity (Wildman–Crippen MR) is 202 cm³/mol. The normalized spacial score (nSPS) is 16.5. The maximum Gasteiger partial charge on any atom is 0.244 e. The summed E-state index contributed by atoms with van der Waals surface area (Å²) in [6, 6.07) is 32.6.